The van der Waals surface area contributed by atoms with Crippen LogP contribution in [0.2, 0.25) is 0 Å². The number of esters is 2. The normalized spacial score (nSPS) is 27.8. The zero-order chi connectivity index (χ0) is 24.7. The molecular weight excluding hydrogens is 436 g/mol. The zero-order valence-electron chi connectivity index (χ0n) is 19.0. The van der Waals surface area contributed by atoms with Gasteiger partial charge in [0.25, 0.3) is 0 Å². The summed E-state index contributed by atoms with van der Waals surface area (Å²) in [5.74, 6) is -5.28. The highest BCUT2D eigenvalue weighted by Crippen LogP contribution is 2.72. The van der Waals surface area contributed by atoms with Crippen LogP contribution in [0.5, 0.6) is 0 Å². The fraction of sp³-hybridized carbons (Fsp3) is 0.259. The van der Waals surface area contributed by atoms with E-state index in [4.69, 9.17) is 9.47 Å². The second-order valence-electron chi connectivity index (χ2n) is 8.42. The third kappa shape index (κ3) is 2.83. The Labute approximate surface area is 196 Å². The van der Waals surface area contributed by atoms with Crippen LogP contribution < -0.4 is 0 Å². The second kappa shape index (κ2) is 8.41. The van der Waals surface area contributed by atoms with Gasteiger partial charge in [0, 0.05) is 12.0 Å². The van der Waals surface area contributed by atoms with Crippen LogP contribution >= 0.6 is 0 Å². The van der Waals surface area contributed by atoms with E-state index in [0.29, 0.717) is 22.3 Å². The number of rotatable bonds is 6. The van der Waals surface area contributed by atoms with Crippen molar-refractivity contribution in [1.82, 2.24) is 0 Å². The maximum absolute atomic E-state index is 14.4. The molecule has 7 heteroatoms. The average molecular weight is 460 g/mol. The summed E-state index contributed by atoms with van der Waals surface area (Å²) in [4.78, 5) is 53.0. The van der Waals surface area contributed by atoms with Crippen LogP contribution in [0.1, 0.15) is 18.1 Å². The van der Waals surface area contributed by atoms with Gasteiger partial charge in [0.05, 0.1) is 14.2 Å². The lowest BCUT2D eigenvalue weighted by atomic mass is 9.61. The number of ketones is 1. The number of allylic oxidation sites excluding steroid dienone is 1. The Morgan fingerprint density at radius 2 is 1.26 bits per heavy atom. The number of benzene rings is 2. The second-order valence-corrected chi connectivity index (χ2v) is 8.42. The van der Waals surface area contributed by atoms with Gasteiger partial charge in [0.2, 0.25) is 0 Å². The monoisotopic (exact) mass is 460 g/mol. The van der Waals surface area contributed by atoms with Gasteiger partial charge in [-0.15, -0.1) is 0 Å². The van der Waals surface area contributed by atoms with E-state index in [1.807, 2.05) is 6.07 Å². The molecule has 0 spiro atoms. The smallest absolute Gasteiger partial charge is 0.327 e. The molecule has 2 aliphatic rings. The Morgan fingerprint density at radius 1 is 0.824 bits per heavy atom. The maximum atomic E-state index is 14.4. The van der Waals surface area contributed by atoms with E-state index in [0.717, 1.165) is 6.08 Å². The summed E-state index contributed by atoms with van der Waals surface area (Å²) in [6.07, 6.45) is 2.22. The van der Waals surface area contributed by atoms with E-state index in [1.54, 1.807) is 61.5 Å². The van der Waals surface area contributed by atoms with Crippen LogP contribution in [0.3, 0.4) is 0 Å². The third-order valence-electron chi connectivity index (χ3n) is 7.06. The molecule has 1 N–H and O–H groups in total. The van der Waals surface area contributed by atoms with Crippen molar-refractivity contribution >= 4 is 34.8 Å². The van der Waals surface area contributed by atoms with E-state index >= 15 is 0 Å². The Balaban J connectivity index is 2.23. The van der Waals surface area contributed by atoms with Crippen molar-refractivity contribution in [3.8, 4) is 0 Å². The highest BCUT2D eigenvalue weighted by molar-refractivity contribution is 6.38. The predicted octanol–water partition coefficient (Wildman–Crippen LogP) is 3.41. The molecule has 34 heavy (non-hydrogen) atoms. The Bertz CT molecular complexity index is 1230. The Kier molecular flexibility index (Phi) is 5.73. The number of fused-ring (bicyclic) bond motifs is 2. The molecule has 2 bridgehead atoms. The molecule has 2 aromatic rings. The fourth-order valence-electron chi connectivity index (χ4n) is 5.81. The molecule has 0 aliphatic heterocycles. The number of carbonyl (C=O) groups excluding carboxylic acids is 3. The van der Waals surface area contributed by atoms with Crippen molar-refractivity contribution in [1.29, 1.82) is 0 Å². The van der Waals surface area contributed by atoms with Crippen LogP contribution in [0, 0.1) is 22.7 Å². The van der Waals surface area contributed by atoms with Crippen LogP contribution in [-0.2, 0) is 28.7 Å². The van der Waals surface area contributed by atoms with Crippen molar-refractivity contribution < 1.29 is 33.8 Å². The van der Waals surface area contributed by atoms with Gasteiger partial charge >= 0.3 is 17.9 Å². The summed E-state index contributed by atoms with van der Waals surface area (Å²) in [5.41, 5.74) is -1.89. The number of carbonyl (C=O) groups is 4. The summed E-state index contributed by atoms with van der Waals surface area (Å²) in [6, 6.07) is 17.8. The number of hydrogen-bond acceptors (Lipinski definition) is 6. The van der Waals surface area contributed by atoms with Crippen LogP contribution in [0.15, 0.2) is 72.8 Å². The van der Waals surface area contributed by atoms with Crippen molar-refractivity contribution in [3.63, 3.8) is 0 Å². The van der Waals surface area contributed by atoms with Crippen molar-refractivity contribution in [2.24, 2.45) is 22.7 Å². The lowest BCUT2D eigenvalue weighted by Crippen LogP contribution is -2.43. The summed E-state index contributed by atoms with van der Waals surface area (Å²) in [7, 11) is 2.37. The molecule has 0 aromatic heterocycles. The van der Waals surface area contributed by atoms with E-state index in [1.165, 1.54) is 20.3 Å². The first-order valence-corrected chi connectivity index (χ1v) is 10.8. The minimum absolute atomic E-state index is 0.333. The summed E-state index contributed by atoms with van der Waals surface area (Å²) in [6.45, 7) is 1.67. The summed E-state index contributed by atoms with van der Waals surface area (Å²) >= 11 is 0. The molecule has 1 saturated carbocycles. The van der Waals surface area contributed by atoms with Gasteiger partial charge in [0.1, 0.15) is 0 Å². The van der Waals surface area contributed by atoms with Gasteiger partial charge in [-0.3, -0.25) is 14.4 Å². The maximum Gasteiger partial charge on any atom is 0.327 e. The first kappa shape index (κ1) is 23.2. The summed E-state index contributed by atoms with van der Waals surface area (Å²) < 4.78 is 10.4. The van der Waals surface area contributed by atoms with Crippen molar-refractivity contribution in [3.05, 3.63) is 83.9 Å². The number of Topliss-reactive ketones (excluding diaryl/α,β-unsaturated/α-hetero) is 1. The molecular formula is C27H24O7. The number of carboxylic acid groups (broad SMARTS) is 1. The fourth-order valence-corrected chi connectivity index (χ4v) is 5.81. The quantitative estimate of drug-likeness (QED) is 0.400. The Morgan fingerprint density at radius 3 is 1.71 bits per heavy atom. The minimum atomic E-state index is -1.93. The highest BCUT2D eigenvalue weighted by atomic mass is 16.5. The summed E-state index contributed by atoms with van der Waals surface area (Å²) in [5, 5.41) is 9.32. The van der Waals surface area contributed by atoms with Crippen LogP contribution in [0.25, 0.3) is 11.1 Å². The van der Waals surface area contributed by atoms with Crippen LogP contribution in [-0.4, -0.2) is 43.0 Å². The van der Waals surface area contributed by atoms with E-state index in [2.05, 4.69) is 0 Å². The molecule has 4 atom stereocenters. The number of aliphatic carboxylic acids is 1. The van der Waals surface area contributed by atoms with Gasteiger partial charge < -0.3 is 14.6 Å². The predicted molar refractivity (Wildman–Crippen MR) is 123 cm³/mol. The van der Waals surface area contributed by atoms with Crippen molar-refractivity contribution in [2.75, 3.05) is 14.2 Å². The lowest BCUT2D eigenvalue weighted by Gasteiger charge is -2.39. The largest absolute Gasteiger partial charge is 0.478 e. The van der Waals surface area contributed by atoms with Gasteiger partial charge in [-0.05, 0) is 28.2 Å². The molecule has 4 rings (SSSR count). The van der Waals surface area contributed by atoms with Gasteiger partial charge in [-0.25, -0.2) is 4.79 Å². The van der Waals surface area contributed by atoms with Crippen molar-refractivity contribution in [2.45, 2.75) is 6.92 Å². The molecule has 2 aromatic carbocycles. The molecule has 1 fully saturated rings. The first-order valence-electron chi connectivity index (χ1n) is 10.8. The van der Waals surface area contributed by atoms with Gasteiger partial charge in [-0.1, -0.05) is 73.7 Å². The number of carboxylic acids is 1. The molecule has 0 unspecified atom stereocenters. The number of ether oxygens (including phenoxy) is 2. The molecule has 0 radical (unpaired) electrons. The molecule has 7 nitrogen and oxygen atoms in total. The topological polar surface area (TPSA) is 107 Å². The number of hydrogen-bond donors (Lipinski definition) is 1. The SMILES string of the molecule is COC(=O)[C@@]12C(=O)[C@@](C(=O)OC)(C(c3ccccc3)=C1c1ccccc1)[C@@H](/C=C/C(=O)O)[C@@H]2C. The zero-order valence-corrected chi connectivity index (χ0v) is 19.0. The molecule has 0 saturated heterocycles. The van der Waals surface area contributed by atoms with E-state index in [9.17, 15) is 24.3 Å². The third-order valence-corrected chi connectivity index (χ3v) is 7.06. The van der Waals surface area contributed by atoms with E-state index < -0.39 is 46.4 Å². The standard InChI is InChI=1S/C27H24O7/c1-16-19(14-15-20(28)29)27(25(32)34-3)22(18-12-8-5-9-13-18)21(17-10-6-4-7-11-17)26(16,23(27)30)24(31)33-2/h4-16,19H,1-3H3,(H,28,29)/b15-14+/t16-,19-,26+,27-/m0/s1. The number of methoxy groups -OCH3 is 2. The molecule has 2 aliphatic carbocycles. The van der Waals surface area contributed by atoms with Gasteiger partial charge in [-0.2, -0.15) is 0 Å². The molecule has 0 heterocycles. The van der Waals surface area contributed by atoms with Crippen LogP contribution in [0.4, 0.5) is 0 Å². The first-order chi connectivity index (χ1) is 16.3. The highest BCUT2D eigenvalue weighted by Gasteiger charge is 2.80. The average Bonchev–Trinajstić information content (AvgIpc) is 3.21. The van der Waals surface area contributed by atoms with E-state index in [-0.39, 0.29) is 0 Å². The molecule has 174 valence electrons. The minimum Gasteiger partial charge on any atom is -0.478 e. The Hall–Kier alpha value is -4.00. The lowest BCUT2D eigenvalue weighted by molar-refractivity contribution is -0.157. The molecule has 0 amide bonds. The van der Waals surface area contributed by atoms with Gasteiger partial charge in [0.15, 0.2) is 16.6 Å².